The fourth-order valence-electron chi connectivity index (χ4n) is 1.46. The highest BCUT2D eigenvalue weighted by molar-refractivity contribution is 7.92. The number of aromatic nitrogens is 4. The summed E-state index contributed by atoms with van der Waals surface area (Å²) in [4.78, 5) is 14.5. The third-order valence-corrected chi connectivity index (χ3v) is 3.63. The topological polar surface area (TPSA) is 130 Å². The van der Waals surface area contributed by atoms with Crippen LogP contribution in [0.5, 0.6) is 0 Å². The van der Waals surface area contributed by atoms with Gasteiger partial charge in [0.2, 0.25) is 0 Å². The Morgan fingerprint density at radius 2 is 2.21 bits per heavy atom. The first kappa shape index (κ1) is 13.1. The molecule has 2 rings (SSSR count). The van der Waals surface area contributed by atoms with Crippen LogP contribution in [0.4, 0.5) is 5.95 Å². The minimum atomic E-state index is -3.91. The average molecular weight is 285 g/mol. The van der Waals surface area contributed by atoms with E-state index in [4.69, 9.17) is 5.11 Å². The quantitative estimate of drug-likeness (QED) is 0.722. The highest BCUT2D eigenvalue weighted by Crippen LogP contribution is 2.16. The third-order valence-electron chi connectivity index (χ3n) is 2.33. The third kappa shape index (κ3) is 2.57. The molecule has 10 heteroatoms. The Hall–Kier alpha value is -2.36. The summed E-state index contributed by atoms with van der Waals surface area (Å²) >= 11 is 0. The number of nitrogens with one attached hydrogen (secondary N) is 2. The van der Waals surface area contributed by atoms with Crippen molar-refractivity contribution in [3.8, 4) is 0 Å². The van der Waals surface area contributed by atoms with Gasteiger partial charge in [-0.1, -0.05) is 0 Å². The summed E-state index contributed by atoms with van der Waals surface area (Å²) in [6.45, 7) is 1.62. The smallest absolute Gasteiger partial charge is 0.352 e. The van der Waals surface area contributed by atoms with Crippen molar-refractivity contribution in [3.05, 3.63) is 23.8 Å². The SMILES string of the molecule is Cc1nc(NS(=O)(=O)c2cc(C(=O)O)n(C)c2)n[nH]1. The molecule has 0 amide bonds. The van der Waals surface area contributed by atoms with Gasteiger partial charge in [0.05, 0.1) is 0 Å². The number of hydrogen-bond acceptors (Lipinski definition) is 5. The monoisotopic (exact) mass is 285 g/mol. The van der Waals surface area contributed by atoms with Crippen LogP contribution in [-0.4, -0.2) is 39.2 Å². The first-order valence-electron chi connectivity index (χ1n) is 5.11. The number of aromatic amines is 1. The van der Waals surface area contributed by atoms with E-state index < -0.39 is 16.0 Å². The van der Waals surface area contributed by atoms with Crippen LogP contribution in [0.1, 0.15) is 16.3 Å². The molecule has 3 N–H and O–H groups in total. The Morgan fingerprint density at radius 3 is 2.68 bits per heavy atom. The van der Waals surface area contributed by atoms with Crippen molar-refractivity contribution in [1.29, 1.82) is 0 Å². The molecule has 0 aliphatic rings. The number of anilines is 1. The Labute approximate surface area is 108 Å². The van der Waals surface area contributed by atoms with Gasteiger partial charge in [0, 0.05) is 13.2 Å². The predicted octanol–water partition coefficient (Wildman–Crippen LogP) is -0.0494. The second kappa shape index (κ2) is 4.39. The summed E-state index contributed by atoms with van der Waals surface area (Å²) < 4.78 is 27.3. The Bertz CT molecular complexity index is 730. The van der Waals surface area contributed by atoms with Crippen LogP contribution in [-0.2, 0) is 17.1 Å². The van der Waals surface area contributed by atoms with E-state index in [9.17, 15) is 13.2 Å². The zero-order chi connectivity index (χ0) is 14.2. The van der Waals surface area contributed by atoms with Gasteiger partial charge in [-0.3, -0.25) is 5.10 Å². The van der Waals surface area contributed by atoms with Gasteiger partial charge >= 0.3 is 5.97 Å². The normalized spacial score (nSPS) is 11.5. The average Bonchev–Trinajstić information content (AvgIpc) is 2.84. The molecule has 0 unspecified atom stereocenters. The van der Waals surface area contributed by atoms with Crippen molar-refractivity contribution in [3.63, 3.8) is 0 Å². The Balaban J connectivity index is 2.34. The molecule has 2 aromatic rings. The van der Waals surface area contributed by atoms with E-state index >= 15 is 0 Å². The van der Waals surface area contributed by atoms with Crippen LogP contribution in [0, 0.1) is 6.92 Å². The molecule has 0 fully saturated rings. The number of sulfonamides is 1. The Morgan fingerprint density at radius 1 is 1.53 bits per heavy atom. The molecule has 0 aliphatic carbocycles. The highest BCUT2D eigenvalue weighted by atomic mass is 32.2. The summed E-state index contributed by atoms with van der Waals surface area (Å²) in [5.41, 5.74) is -0.133. The fraction of sp³-hybridized carbons (Fsp3) is 0.222. The van der Waals surface area contributed by atoms with Crippen LogP contribution >= 0.6 is 0 Å². The first-order valence-corrected chi connectivity index (χ1v) is 6.59. The van der Waals surface area contributed by atoms with Gasteiger partial charge in [0.1, 0.15) is 16.4 Å². The minimum absolute atomic E-state index is 0.0989. The molecule has 9 nitrogen and oxygen atoms in total. The van der Waals surface area contributed by atoms with Gasteiger partial charge in [0.15, 0.2) is 0 Å². The summed E-state index contributed by atoms with van der Waals surface area (Å²) in [5, 5.41) is 15.0. The number of hydrogen-bond donors (Lipinski definition) is 3. The molecular weight excluding hydrogens is 274 g/mol. The molecule has 0 spiro atoms. The largest absolute Gasteiger partial charge is 0.477 e. The van der Waals surface area contributed by atoms with Crippen molar-refractivity contribution in [2.45, 2.75) is 11.8 Å². The van der Waals surface area contributed by atoms with E-state index in [0.29, 0.717) is 5.82 Å². The second-order valence-electron chi connectivity index (χ2n) is 3.83. The van der Waals surface area contributed by atoms with Crippen molar-refractivity contribution < 1.29 is 18.3 Å². The number of nitrogens with zero attached hydrogens (tertiary/aromatic N) is 3. The lowest BCUT2D eigenvalue weighted by Crippen LogP contribution is -2.13. The van der Waals surface area contributed by atoms with Gasteiger partial charge in [-0.05, 0) is 13.0 Å². The van der Waals surface area contributed by atoms with Crippen molar-refractivity contribution in [2.24, 2.45) is 7.05 Å². The van der Waals surface area contributed by atoms with Gasteiger partial charge in [0.25, 0.3) is 16.0 Å². The van der Waals surface area contributed by atoms with E-state index in [1.54, 1.807) is 6.92 Å². The standard InChI is InChI=1S/C9H11N5O4S/c1-5-10-9(12-11-5)13-19(17,18)6-3-7(8(15)16)14(2)4-6/h3-4H,1-2H3,(H,15,16)(H2,10,11,12,13). The van der Waals surface area contributed by atoms with Gasteiger partial charge in [-0.25, -0.2) is 17.9 Å². The summed E-state index contributed by atoms with van der Waals surface area (Å²) in [6.07, 6.45) is 1.20. The maximum atomic E-state index is 12.0. The van der Waals surface area contributed by atoms with E-state index in [-0.39, 0.29) is 16.5 Å². The number of rotatable bonds is 4. The van der Waals surface area contributed by atoms with Gasteiger partial charge < -0.3 is 9.67 Å². The number of aryl methyl sites for hydroxylation is 2. The minimum Gasteiger partial charge on any atom is -0.477 e. The molecule has 0 atom stereocenters. The molecule has 19 heavy (non-hydrogen) atoms. The number of aromatic carboxylic acids is 1. The maximum Gasteiger partial charge on any atom is 0.352 e. The number of H-pyrrole nitrogens is 1. The molecule has 0 saturated heterocycles. The van der Waals surface area contributed by atoms with E-state index in [1.165, 1.54) is 17.8 Å². The zero-order valence-corrected chi connectivity index (χ0v) is 10.9. The zero-order valence-electron chi connectivity index (χ0n) is 10.1. The maximum absolute atomic E-state index is 12.0. The van der Waals surface area contributed by atoms with E-state index in [2.05, 4.69) is 19.9 Å². The van der Waals surface area contributed by atoms with Crippen LogP contribution in [0.25, 0.3) is 0 Å². The summed E-state index contributed by atoms with van der Waals surface area (Å²) in [6, 6.07) is 1.06. The van der Waals surface area contributed by atoms with Crippen molar-refractivity contribution in [2.75, 3.05) is 4.72 Å². The summed E-state index contributed by atoms with van der Waals surface area (Å²) in [7, 11) is -2.47. The van der Waals surface area contributed by atoms with Gasteiger partial charge in [-0.15, -0.1) is 5.10 Å². The van der Waals surface area contributed by atoms with Crippen LogP contribution in [0.15, 0.2) is 17.2 Å². The second-order valence-corrected chi connectivity index (χ2v) is 5.51. The number of carboxylic acid groups (broad SMARTS) is 1. The van der Waals surface area contributed by atoms with E-state index in [1.807, 2.05) is 0 Å². The lowest BCUT2D eigenvalue weighted by Gasteiger charge is -2.00. The number of carbonyl (C=O) groups is 1. The fourth-order valence-corrected chi connectivity index (χ4v) is 2.47. The lowest BCUT2D eigenvalue weighted by molar-refractivity contribution is 0.0686. The molecule has 0 aliphatic heterocycles. The van der Waals surface area contributed by atoms with Crippen molar-refractivity contribution >= 4 is 21.9 Å². The van der Waals surface area contributed by atoms with Gasteiger partial charge in [-0.2, -0.15) is 4.98 Å². The first-order chi connectivity index (χ1) is 8.79. The molecule has 2 heterocycles. The lowest BCUT2D eigenvalue weighted by atomic mass is 10.4. The molecule has 0 bridgehead atoms. The molecule has 2 aromatic heterocycles. The van der Waals surface area contributed by atoms with Crippen LogP contribution in [0.2, 0.25) is 0 Å². The predicted molar refractivity (Wildman–Crippen MR) is 64.3 cm³/mol. The van der Waals surface area contributed by atoms with Crippen LogP contribution < -0.4 is 4.72 Å². The molecule has 102 valence electrons. The molecule has 0 aromatic carbocycles. The molecule has 0 radical (unpaired) electrons. The Kier molecular flexibility index (Phi) is 3.02. The summed E-state index contributed by atoms with van der Waals surface area (Å²) in [5.74, 6) is -0.854. The highest BCUT2D eigenvalue weighted by Gasteiger charge is 2.21. The van der Waals surface area contributed by atoms with Crippen molar-refractivity contribution in [1.82, 2.24) is 19.7 Å². The number of carboxylic acids is 1. The molecular formula is C9H11N5O4S. The van der Waals surface area contributed by atoms with Crippen LogP contribution in [0.3, 0.4) is 0 Å². The van der Waals surface area contributed by atoms with E-state index in [0.717, 1.165) is 6.07 Å². The molecule has 0 saturated carbocycles.